The molecular weight excluding hydrogens is 234 g/mol. The van der Waals surface area contributed by atoms with E-state index in [1.165, 1.54) is 22.4 Å². The van der Waals surface area contributed by atoms with Crippen LogP contribution in [-0.2, 0) is 11.8 Å². The summed E-state index contributed by atoms with van der Waals surface area (Å²) in [6.07, 6.45) is 2.17. The average molecular weight is 255 g/mol. The van der Waals surface area contributed by atoms with Gasteiger partial charge in [-0.3, -0.25) is 0 Å². The monoisotopic (exact) mass is 255 g/mol. The summed E-state index contributed by atoms with van der Waals surface area (Å²) in [6.45, 7) is 8.71. The topological polar surface area (TPSA) is 43.8 Å². The first-order valence-corrected chi connectivity index (χ1v) is 6.85. The van der Waals surface area contributed by atoms with Crippen molar-refractivity contribution in [3.8, 4) is 5.69 Å². The van der Waals surface area contributed by atoms with Crippen molar-refractivity contribution < 1.29 is 0 Å². The summed E-state index contributed by atoms with van der Waals surface area (Å²) in [5.41, 5.74) is 12.5. The van der Waals surface area contributed by atoms with E-state index in [-0.39, 0.29) is 5.41 Å². The molecule has 0 aliphatic heterocycles. The summed E-state index contributed by atoms with van der Waals surface area (Å²) in [7, 11) is 0. The van der Waals surface area contributed by atoms with Gasteiger partial charge in [-0.05, 0) is 49.3 Å². The summed E-state index contributed by atoms with van der Waals surface area (Å²) in [5.74, 6) is 0.811. The van der Waals surface area contributed by atoms with E-state index < -0.39 is 0 Å². The van der Waals surface area contributed by atoms with Crippen LogP contribution < -0.4 is 5.73 Å². The van der Waals surface area contributed by atoms with Crippen LogP contribution in [0.3, 0.4) is 0 Å². The van der Waals surface area contributed by atoms with Gasteiger partial charge in [0.1, 0.15) is 5.82 Å². The minimum absolute atomic E-state index is 0.148. The number of benzene rings is 1. The van der Waals surface area contributed by atoms with Gasteiger partial charge in [0, 0.05) is 5.56 Å². The molecule has 1 aliphatic rings. The van der Waals surface area contributed by atoms with E-state index in [2.05, 4.69) is 45.9 Å². The number of fused-ring (bicyclic) bond motifs is 1. The van der Waals surface area contributed by atoms with Crippen molar-refractivity contribution in [3.05, 3.63) is 40.6 Å². The van der Waals surface area contributed by atoms with Crippen molar-refractivity contribution in [2.75, 3.05) is 5.73 Å². The standard InChI is InChI=1S/C16H21N3/c1-10-5-6-11(2)13(9-10)19-15(17)14-12(18-19)7-8-16(14,3)4/h5-6,9H,7-8,17H2,1-4H3. The number of aryl methyl sites for hydroxylation is 3. The number of nitrogen functional groups attached to an aromatic ring is 1. The number of aromatic nitrogens is 2. The first-order chi connectivity index (χ1) is 8.90. The summed E-state index contributed by atoms with van der Waals surface area (Å²) < 4.78 is 1.92. The molecule has 0 unspecified atom stereocenters. The Bertz CT molecular complexity index is 650. The molecule has 0 atom stereocenters. The molecule has 1 aromatic carbocycles. The van der Waals surface area contributed by atoms with Gasteiger partial charge in [-0.1, -0.05) is 26.0 Å². The van der Waals surface area contributed by atoms with Crippen LogP contribution in [0.25, 0.3) is 5.69 Å². The number of anilines is 1. The molecule has 1 aromatic heterocycles. The van der Waals surface area contributed by atoms with E-state index in [1.807, 2.05) is 4.68 Å². The summed E-state index contributed by atoms with van der Waals surface area (Å²) in [5, 5.41) is 4.75. The minimum Gasteiger partial charge on any atom is -0.383 e. The molecule has 1 heterocycles. The van der Waals surface area contributed by atoms with Crippen molar-refractivity contribution in [3.63, 3.8) is 0 Å². The van der Waals surface area contributed by atoms with Gasteiger partial charge in [-0.15, -0.1) is 0 Å². The van der Waals surface area contributed by atoms with Crippen LogP contribution in [0, 0.1) is 13.8 Å². The van der Waals surface area contributed by atoms with Gasteiger partial charge in [0.25, 0.3) is 0 Å². The molecule has 3 heteroatoms. The molecule has 3 nitrogen and oxygen atoms in total. The molecule has 1 aliphatic carbocycles. The maximum Gasteiger partial charge on any atom is 0.131 e. The van der Waals surface area contributed by atoms with E-state index in [1.54, 1.807) is 0 Å². The van der Waals surface area contributed by atoms with Crippen LogP contribution in [0.15, 0.2) is 18.2 Å². The summed E-state index contributed by atoms with van der Waals surface area (Å²) in [4.78, 5) is 0. The zero-order chi connectivity index (χ0) is 13.8. The van der Waals surface area contributed by atoms with Gasteiger partial charge in [0.05, 0.1) is 11.4 Å². The highest BCUT2D eigenvalue weighted by Crippen LogP contribution is 2.42. The molecule has 0 bridgehead atoms. The fourth-order valence-corrected chi connectivity index (χ4v) is 3.08. The van der Waals surface area contributed by atoms with E-state index in [0.29, 0.717) is 0 Å². The molecule has 0 saturated carbocycles. The zero-order valence-corrected chi connectivity index (χ0v) is 12.1. The highest BCUT2D eigenvalue weighted by molar-refractivity contribution is 5.57. The number of hydrogen-bond donors (Lipinski definition) is 1. The third-order valence-corrected chi connectivity index (χ3v) is 4.25. The molecule has 0 radical (unpaired) electrons. The van der Waals surface area contributed by atoms with Gasteiger partial charge >= 0.3 is 0 Å². The highest BCUT2D eigenvalue weighted by Gasteiger charge is 2.36. The van der Waals surface area contributed by atoms with Crippen molar-refractivity contribution >= 4 is 5.82 Å². The minimum atomic E-state index is 0.148. The number of rotatable bonds is 1. The lowest BCUT2D eigenvalue weighted by Crippen LogP contribution is -2.15. The Hall–Kier alpha value is -1.77. The van der Waals surface area contributed by atoms with E-state index in [0.717, 1.165) is 24.3 Å². The van der Waals surface area contributed by atoms with Crippen LogP contribution in [-0.4, -0.2) is 9.78 Å². The lowest BCUT2D eigenvalue weighted by molar-refractivity contribution is 0.519. The van der Waals surface area contributed by atoms with Crippen molar-refractivity contribution in [2.45, 2.75) is 46.0 Å². The molecule has 2 N–H and O–H groups in total. The first-order valence-electron chi connectivity index (χ1n) is 6.85. The second kappa shape index (κ2) is 3.86. The van der Waals surface area contributed by atoms with Crippen LogP contribution in [0.5, 0.6) is 0 Å². The Kier molecular flexibility index (Phi) is 2.49. The Morgan fingerprint density at radius 2 is 2.00 bits per heavy atom. The van der Waals surface area contributed by atoms with Gasteiger partial charge in [0.15, 0.2) is 0 Å². The Morgan fingerprint density at radius 1 is 1.26 bits per heavy atom. The molecule has 0 fully saturated rings. The zero-order valence-electron chi connectivity index (χ0n) is 12.1. The fraction of sp³-hybridized carbons (Fsp3) is 0.438. The largest absolute Gasteiger partial charge is 0.383 e. The fourth-order valence-electron chi connectivity index (χ4n) is 3.08. The Balaban J connectivity index is 2.21. The lowest BCUT2D eigenvalue weighted by Gasteiger charge is -2.19. The van der Waals surface area contributed by atoms with E-state index in [9.17, 15) is 0 Å². The molecule has 19 heavy (non-hydrogen) atoms. The van der Waals surface area contributed by atoms with Gasteiger partial charge in [-0.2, -0.15) is 5.10 Å². The maximum atomic E-state index is 6.38. The molecule has 2 aromatic rings. The second-order valence-corrected chi connectivity index (χ2v) is 6.29. The molecular formula is C16H21N3. The number of nitrogens with zero attached hydrogens (tertiary/aromatic N) is 2. The highest BCUT2D eigenvalue weighted by atomic mass is 15.3. The van der Waals surface area contributed by atoms with Crippen LogP contribution in [0.2, 0.25) is 0 Å². The average Bonchev–Trinajstić information content (AvgIpc) is 2.82. The van der Waals surface area contributed by atoms with Gasteiger partial charge in [-0.25, -0.2) is 4.68 Å². The Morgan fingerprint density at radius 3 is 2.68 bits per heavy atom. The predicted octanol–water partition coefficient (Wildman–Crippen LogP) is 3.30. The smallest absolute Gasteiger partial charge is 0.131 e. The summed E-state index contributed by atoms with van der Waals surface area (Å²) in [6, 6.07) is 6.40. The maximum absolute atomic E-state index is 6.38. The SMILES string of the molecule is Cc1ccc(C)c(-n2nc3c(c2N)C(C)(C)CC3)c1. The van der Waals surface area contributed by atoms with E-state index >= 15 is 0 Å². The summed E-state index contributed by atoms with van der Waals surface area (Å²) >= 11 is 0. The predicted molar refractivity (Wildman–Crippen MR) is 78.8 cm³/mol. The van der Waals surface area contributed by atoms with Crippen LogP contribution in [0.4, 0.5) is 5.82 Å². The van der Waals surface area contributed by atoms with E-state index in [4.69, 9.17) is 10.8 Å². The van der Waals surface area contributed by atoms with Gasteiger partial charge < -0.3 is 5.73 Å². The molecule has 0 amide bonds. The van der Waals surface area contributed by atoms with Crippen molar-refractivity contribution in [1.29, 1.82) is 0 Å². The third kappa shape index (κ3) is 1.76. The first kappa shape index (κ1) is 12.3. The lowest BCUT2D eigenvalue weighted by atomic mass is 9.87. The number of hydrogen-bond acceptors (Lipinski definition) is 2. The van der Waals surface area contributed by atoms with Crippen molar-refractivity contribution in [1.82, 2.24) is 9.78 Å². The Labute approximate surface area is 114 Å². The third-order valence-electron chi connectivity index (χ3n) is 4.25. The molecule has 0 saturated heterocycles. The second-order valence-electron chi connectivity index (χ2n) is 6.29. The quantitative estimate of drug-likeness (QED) is 0.849. The normalized spacial score (nSPS) is 16.6. The van der Waals surface area contributed by atoms with Gasteiger partial charge in [0.2, 0.25) is 0 Å². The molecule has 0 spiro atoms. The molecule has 100 valence electrons. The molecule has 3 rings (SSSR count). The van der Waals surface area contributed by atoms with Crippen LogP contribution >= 0.6 is 0 Å². The number of nitrogens with two attached hydrogens (primary N) is 1. The van der Waals surface area contributed by atoms with Crippen LogP contribution in [0.1, 0.15) is 42.7 Å². The van der Waals surface area contributed by atoms with Crippen molar-refractivity contribution in [2.24, 2.45) is 0 Å².